The molecule has 2 aromatic carbocycles. The number of aliphatic carboxylic acids is 2. The van der Waals surface area contributed by atoms with Gasteiger partial charge in [-0.1, -0.05) is 48.5 Å². The molecule has 1 atom stereocenters. The Morgan fingerprint density at radius 3 is 2.00 bits per heavy atom. The summed E-state index contributed by atoms with van der Waals surface area (Å²) < 4.78 is 5.15. The van der Waals surface area contributed by atoms with Gasteiger partial charge in [-0.05, 0) is 22.3 Å². The minimum absolute atomic E-state index is 0.00898. The van der Waals surface area contributed by atoms with E-state index in [1.165, 1.54) is 0 Å². The first-order chi connectivity index (χ1) is 12.5. The zero-order valence-electron chi connectivity index (χ0n) is 13.6. The third kappa shape index (κ3) is 3.51. The van der Waals surface area contributed by atoms with E-state index in [9.17, 15) is 24.6 Å². The number of carbonyl (C=O) groups is 3. The summed E-state index contributed by atoms with van der Waals surface area (Å²) in [5, 5.41) is 23.4. The molecule has 2 aromatic rings. The van der Waals surface area contributed by atoms with Gasteiger partial charge in [0.05, 0.1) is 12.0 Å². The Hall–Kier alpha value is -3.35. The summed E-state index contributed by atoms with van der Waals surface area (Å²) in [5.74, 6) is -3.52. The van der Waals surface area contributed by atoms with Crippen molar-refractivity contribution in [3.05, 3.63) is 59.7 Å². The van der Waals surface area contributed by atoms with Crippen LogP contribution < -0.4 is 15.5 Å². The van der Waals surface area contributed by atoms with Crippen LogP contribution in [0, 0.1) is 0 Å². The highest BCUT2D eigenvalue weighted by Gasteiger charge is 2.29. The normalized spacial score (nSPS) is 13.4. The standard InChI is InChI=1S/C19H17NO6/c21-17(22)9-16(18(23)24)20-19(25)26-10-15-13-7-3-1-5-11(13)12-6-2-4-8-14(12)15/h1-8,15-16H,9-10H2,(H,20,25)(H,21,22)(H,23,24)/p-2/t16-/m1/s1. The lowest BCUT2D eigenvalue weighted by atomic mass is 9.98. The lowest BCUT2D eigenvalue weighted by Crippen LogP contribution is -2.50. The van der Waals surface area contributed by atoms with Gasteiger partial charge in [0.2, 0.25) is 0 Å². The Labute approximate surface area is 149 Å². The average Bonchev–Trinajstić information content (AvgIpc) is 2.93. The molecule has 0 spiro atoms. The second-order valence-electron chi connectivity index (χ2n) is 5.92. The second kappa shape index (κ2) is 7.26. The molecule has 7 nitrogen and oxygen atoms in total. The lowest BCUT2D eigenvalue weighted by molar-refractivity contribution is -0.317. The Kier molecular flexibility index (Phi) is 4.88. The summed E-state index contributed by atoms with van der Waals surface area (Å²) in [7, 11) is 0. The van der Waals surface area contributed by atoms with E-state index >= 15 is 0 Å². The van der Waals surface area contributed by atoms with Gasteiger partial charge in [0.25, 0.3) is 0 Å². The highest BCUT2D eigenvalue weighted by atomic mass is 16.5. The molecule has 0 fully saturated rings. The van der Waals surface area contributed by atoms with E-state index in [0.29, 0.717) is 0 Å². The summed E-state index contributed by atoms with van der Waals surface area (Å²) in [4.78, 5) is 33.3. The van der Waals surface area contributed by atoms with Gasteiger partial charge >= 0.3 is 6.09 Å². The van der Waals surface area contributed by atoms with E-state index in [1.807, 2.05) is 53.8 Å². The lowest BCUT2D eigenvalue weighted by Gasteiger charge is -2.21. The molecule has 0 aromatic heterocycles. The monoisotopic (exact) mass is 353 g/mol. The fourth-order valence-electron chi connectivity index (χ4n) is 3.14. The second-order valence-corrected chi connectivity index (χ2v) is 5.92. The molecule has 1 N–H and O–H groups in total. The molecule has 3 rings (SSSR count). The number of hydrogen-bond acceptors (Lipinski definition) is 6. The molecule has 0 unspecified atom stereocenters. The number of carbonyl (C=O) groups excluding carboxylic acids is 3. The first-order valence-corrected chi connectivity index (χ1v) is 7.99. The first kappa shape index (κ1) is 17.5. The van der Waals surface area contributed by atoms with Crippen LogP contribution in [-0.4, -0.2) is 30.7 Å². The highest BCUT2D eigenvalue weighted by Crippen LogP contribution is 2.44. The van der Waals surface area contributed by atoms with Crippen molar-refractivity contribution >= 4 is 18.0 Å². The summed E-state index contributed by atoms with van der Waals surface area (Å²) >= 11 is 0. The molecular weight excluding hydrogens is 338 g/mol. The van der Waals surface area contributed by atoms with Crippen LogP contribution in [0.25, 0.3) is 11.1 Å². The number of rotatable bonds is 6. The van der Waals surface area contributed by atoms with Gasteiger partial charge in [0, 0.05) is 18.3 Å². The van der Waals surface area contributed by atoms with E-state index in [0.717, 1.165) is 22.3 Å². The van der Waals surface area contributed by atoms with Crippen LogP contribution in [0.15, 0.2) is 48.5 Å². The molecule has 1 aliphatic carbocycles. The average molecular weight is 353 g/mol. The van der Waals surface area contributed by atoms with Crippen molar-refractivity contribution in [2.24, 2.45) is 0 Å². The first-order valence-electron chi connectivity index (χ1n) is 7.99. The van der Waals surface area contributed by atoms with Crippen molar-refractivity contribution in [2.75, 3.05) is 6.61 Å². The quantitative estimate of drug-likeness (QED) is 0.767. The summed E-state index contributed by atoms with van der Waals surface area (Å²) in [6, 6.07) is 13.8. The van der Waals surface area contributed by atoms with Crippen molar-refractivity contribution in [2.45, 2.75) is 18.4 Å². The number of ether oxygens (including phenoxy) is 1. The summed E-state index contributed by atoms with van der Waals surface area (Å²) in [6.45, 7) is -0.00898. The van der Waals surface area contributed by atoms with Crippen LogP contribution in [0.4, 0.5) is 4.79 Å². The molecule has 7 heteroatoms. The molecule has 0 aliphatic heterocycles. The Balaban J connectivity index is 1.71. The van der Waals surface area contributed by atoms with Gasteiger partial charge < -0.3 is 29.9 Å². The number of alkyl carbamates (subject to hydrolysis) is 1. The van der Waals surface area contributed by atoms with Crippen LogP contribution in [0.3, 0.4) is 0 Å². The van der Waals surface area contributed by atoms with Crippen molar-refractivity contribution in [1.82, 2.24) is 5.32 Å². The molecule has 1 aliphatic rings. The fourth-order valence-corrected chi connectivity index (χ4v) is 3.14. The van der Waals surface area contributed by atoms with E-state index < -0.39 is 30.5 Å². The largest absolute Gasteiger partial charge is 0.550 e. The number of nitrogens with one attached hydrogen (secondary N) is 1. The number of carboxylic acid groups (broad SMARTS) is 2. The molecule has 0 radical (unpaired) electrons. The van der Waals surface area contributed by atoms with E-state index in [-0.39, 0.29) is 12.5 Å². The minimum atomic E-state index is -1.72. The molecule has 0 bridgehead atoms. The maximum absolute atomic E-state index is 11.9. The van der Waals surface area contributed by atoms with Crippen LogP contribution in [-0.2, 0) is 14.3 Å². The van der Waals surface area contributed by atoms with Gasteiger partial charge in [-0.3, -0.25) is 0 Å². The van der Waals surface area contributed by atoms with E-state index in [1.54, 1.807) is 0 Å². The summed E-state index contributed by atoms with van der Waals surface area (Å²) in [5.41, 5.74) is 4.13. The molecule has 26 heavy (non-hydrogen) atoms. The summed E-state index contributed by atoms with van der Waals surface area (Å²) in [6.07, 6.45) is -1.92. The number of fused-ring (bicyclic) bond motifs is 3. The SMILES string of the molecule is O=C([O-])C[C@@H](NC(=O)OCC1c2ccccc2-c2ccccc21)C(=O)[O-]. The third-order valence-electron chi connectivity index (χ3n) is 4.29. The number of benzene rings is 2. The number of hydrogen-bond donors (Lipinski definition) is 1. The van der Waals surface area contributed by atoms with Gasteiger partial charge in [-0.2, -0.15) is 0 Å². The van der Waals surface area contributed by atoms with Crippen molar-refractivity contribution in [1.29, 1.82) is 0 Å². The number of amides is 1. The van der Waals surface area contributed by atoms with Crippen LogP contribution in [0.5, 0.6) is 0 Å². The van der Waals surface area contributed by atoms with E-state index in [2.05, 4.69) is 0 Å². The maximum atomic E-state index is 11.9. The predicted octanol–water partition coefficient (Wildman–Crippen LogP) is -0.216. The molecular formula is C19H15NO6-2. The Morgan fingerprint density at radius 2 is 1.50 bits per heavy atom. The highest BCUT2D eigenvalue weighted by molar-refractivity contribution is 5.83. The number of carboxylic acids is 2. The Morgan fingerprint density at radius 1 is 0.962 bits per heavy atom. The molecule has 0 saturated heterocycles. The van der Waals surface area contributed by atoms with E-state index in [4.69, 9.17) is 4.74 Å². The van der Waals surface area contributed by atoms with Crippen LogP contribution >= 0.6 is 0 Å². The smallest absolute Gasteiger partial charge is 0.407 e. The van der Waals surface area contributed by atoms with Crippen molar-refractivity contribution in [3.63, 3.8) is 0 Å². The Bertz CT molecular complexity index is 817. The zero-order chi connectivity index (χ0) is 18.7. The molecule has 0 saturated carbocycles. The van der Waals surface area contributed by atoms with Crippen molar-refractivity contribution in [3.8, 4) is 11.1 Å². The zero-order valence-corrected chi connectivity index (χ0v) is 13.6. The molecule has 1 amide bonds. The molecule has 0 heterocycles. The van der Waals surface area contributed by atoms with Gasteiger partial charge in [0.1, 0.15) is 6.61 Å². The predicted molar refractivity (Wildman–Crippen MR) is 86.6 cm³/mol. The minimum Gasteiger partial charge on any atom is -0.550 e. The fraction of sp³-hybridized carbons (Fsp3) is 0.211. The van der Waals surface area contributed by atoms with Gasteiger partial charge in [-0.25, -0.2) is 4.79 Å². The topological polar surface area (TPSA) is 119 Å². The third-order valence-corrected chi connectivity index (χ3v) is 4.29. The van der Waals surface area contributed by atoms with Gasteiger partial charge in [0.15, 0.2) is 0 Å². The van der Waals surface area contributed by atoms with Crippen LogP contribution in [0.2, 0.25) is 0 Å². The van der Waals surface area contributed by atoms with Crippen molar-refractivity contribution < 1.29 is 29.3 Å². The van der Waals surface area contributed by atoms with Crippen LogP contribution in [0.1, 0.15) is 23.5 Å². The molecule has 134 valence electrons. The maximum Gasteiger partial charge on any atom is 0.407 e. The van der Waals surface area contributed by atoms with Gasteiger partial charge in [-0.15, -0.1) is 0 Å².